The summed E-state index contributed by atoms with van der Waals surface area (Å²) in [6.45, 7) is 0.597. The number of aliphatic carboxylic acids is 1. The van der Waals surface area contributed by atoms with Crippen molar-refractivity contribution in [2.75, 3.05) is 13.2 Å². The molecule has 1 amide bonds. The zero-order chi connectivity index (χ0) is 17.8. The molecule has 0 spiro atoms. The summed E-state index contributed by atoms with van der Waals surface area (Å²) in [7, 11) is 0. The summed E-state index contributed by atoms with van der Waals surface area (Å²) in [6, 6.07) is 4.86. The average molecular weight is 345 g/mol. The van der Waals surface area contributed by atoms with Crippen molar-refractivity contribution >= 4 is 11.9 Å². The number of carboxylic acid groups (broad SMARTS) is 1. The maximum atomic E-state index is 13.0. The van der Waals surface area contributed by atoms with E-state index in [1.165, 1.54) is 18.2 Å². The number of nitrogens with one attached hydrogen (secondary N) is 1. The molecule has 2 rings (SSSR count). The molecule has 0 unspecified atom stereocenters. The second-order valence-electron chi connectivity index (χ2n) is 5.84. The molecule has 8 heteroatoms. The number of halogens is 3. The second-order valence-corrected chi connectivity index (χ2v) is 5.84. The summed E-state index contributed by atoms with van der Waals surface area (Å²) in [6.07, 6.45) is -4.67. The summed E-state index contributed by atoms with van der Waals surface area (Å²) in [5.41, 5.74) is -1.98. The van der Waals surface area contributed by atoms with E-state index < -0.39 is 35.6 Å². The number of hydrogen-bond acceptors (Lipinski definition) is 3. The highest BCUT2D eigenvalue weighted by Gasteiger charge is 2.37. The van der Waals surface area contributed by atoms with Crippen molar-refractivity contribution in [3.05, 3.63) is 35.4 Å². The van der Waals surface area contributed by atoms with E-state index in [1.54, 1.807) is 0 Å². The van der Waals surface area contributed by atoms with Gasteiger partial charge in [-0.1, -0.05) is 18.2 Å². The van der Waals surface area contributed by atoms with E-state index in [0.29, 0.717) is 26.1 Å². The summed E-state index contributed by atoms with van der Waals surface area (Å²) in [5, 5.41) is 11.7. The summed E-state index contributed by atoms with van der Waals surface area (Å²) < 4.78 is 44.1. The third kappa shape index (κ3) is 4.70. The van der Waals surface area contributed by atoms with Gasteiger partial charge in [-0.25, -0.2) is 0 Å². The van der Waals surface area contributed by atoms with E-state index in [-0.39, 0.29) is 12.0 Å². The number of hydrogen-bond donors (Lipinski definition) is 2. The predicted molar refractivity (Wildman–Crippen MR) is 78.3 cm³/mol. The molecule has 1 heterocycles. The van der Waals surface area contributed by atoms with Gasteiger partial charge in [-0.05, 0) is 24.5 Å². The highest BCUT2D eigenvalue weighted by molar-refractivity contribution is 5.81. The number of rotatable bonds is 5. The van der Waals surface area contributed by atoms with Gasteiger partial charge in [-0.15, -0.1) is 0 Å². The standard InChI is InChI=1S/C16H18F3NO4/c17-16(18,19)12-4-2-1-3-11(12)9-13(21)20-15(10-14(22)23)5-7-24-8-6-15/h1-4H,5-10H2,(H,20,21)(H,22,23). The topological polar surface area (TPSA) is 75.6 Å². The van der Waals surface area contributed by atoms with Gasteiger partial charge in [0.2, 0.25) is 5.91 Å². The zero-order valence-corrected chi connectivity index (χ0v) is 12.9. The molecule has 0 aliphatic carbocycles. The van der Waals surface area contributed by atoms with Crippen molar-refractivity contribution < 1.29 is 32.6 Å². The van der Waals surface area contributed by atoms with E-state index in [4.69, 9.17) is 9.84 Å². The van der Waals surface area contributed by atoms with Crippen LogP contribution in [0.5, 0.6) is 0 Å². The van der Waals surface area contributed by atoms with E-state index in [0.717, 1.165) is 6.07 Å². The molecular weight excluding hydrogens is 327 g/mol. The van der Waals surface area contributed by atoms with Gasteiger partial charge in [0.1, 0.15) is 0 Å². The molecule has 1 saturated heterocycles. The second kappa shape index (κ2) is 7.21. The Kier molecular flexibility index (Phi) is 5.48. The van der Waals surface area contributed by atoms with Gasteiger partial charge >= 0.3 is 12.1 Å². The fraction of sp³-hybridized carbons (Fsp3) is 0.500. The monoisotopic (exact) mass is 345 g/mol. The third-order valence-corrected chi connectivity index (χ3v) is 4.02. The van der Waals surface area contributed by atoms with Crippen molar-refractivity contribution in [2.24, 2.45) is 0 Å². The lowest BCUT2D eigenvalue weighted by Crippen LogP contribution is -2.53. The lowest BCUT2D eigenvalue weighted by atomic mass is 9.86. The highest BCUT2D eigenvalue weighted by atomic mass is 19.4. The maximum Gasteiger partial charge on any atom is 0.416 e. The van der Waals surface area contributed by atoms with Crippen LogP contribution in [0.4, 0.5) is 13.2 Å². The van der Waals surface area contributed by atoms with Crippen LogP contribution in [-0.4, -0.2) is 35.7 Å². The average Bonchev–Trinajstić information content (AvgIpc) is 2.46. The van der Waals surface area contributed by atoms with Crippen molar-refractivity contribution in [3.63, 3.8) is 0 Å². The minimum atomic E-state index is -4.55. The molecule has 1 aromatic carbocycles. The number of alkyl halides is 3. The molecule has 1 fully saturated rings. The number of benzene rings is 1. The molecule has 132 valence electrons. The van der Waals surface area contributed by atoms with Gasteiger partial charge in [0, 0.05) is 13.2 Å². The Morgan fingerprint density at radius 3 is 2.42 bits per heavy atom. The Hall–Kier alpha value is -2.09. The first kappa shape index (κ1) is 18.3. The molecule has 0 radical (unpaired) electrons. The summed E-state index contributed by atoms with van der Waals surface area (Å²) >= 11 is 0. The Morgan fingerprint density at radius 2 is 1.83 bits per heavy atom. The first-order chi connectivity index (χ1) is 11.2. The Labute approximate surface area is 136 Å². The SMILES string of the molecule is O=C(O)CC1(NC(=O)Cc2ccccc2C(F)(F)F)CCOCC1. The molecule has 5 nitrogen and oxygen atoms in total. The number of ether oxygens (including phenoxy) is 1. The number of amides is 1. The van der Waals surface area contributed by atoms with Crippen LogP contribution < -0.4 is 5.32 Å². The van der Waals surface area contributed by atoms with Crippen LogP contribution in [-0.2, 0) is 26.9 Å². The van der Waals surface area contributed by atoms with E-state index in [9.17, 15) is 22.8 Å². The first-order valence-electron chi connectivity index (χ1n) is 7.47. The van der Waals surface area contributed by atoms with Crippen LogP contribution in [0.1, 0.15) is 30.4 Å². The molecule has 1 aromatic rings. The minimum Gasteiger partial charge on any atom is -0.481 e. The van der Waals surface area contributed by atoms with Gasteiger partial charge in [0.05, 0.1) is 23.9 Å². The van der Waals surface area contributed by atoms with Gasteiger partial charge in [0.15, 0.2) is 0 Å². The summed E-state index contributed by atoms with van der Waals surface area (Å²) in [5.74, 6) is -1.71. The Balaban J connectivity index is 2.13. The van der Waals surface area contributed by atoms with E-state index in [2.05, 4.69) is 5.32 Å². The predicted octanol–water partition coefficient (Wildman–Crippen LogP) is 2.39. The fourth-order valence-corrected chi connectivity index (χ4v) is 2.86. The summed E-state index contributed by atoms with van der Waals surface area (Å²) in [4.78, 5) is 23.3. The minimum absolute atomic E-state index is 0.139. The van der Waals surface area contributed by atoms with Crippen LogP contribution in [0.2, 0.25) is 0 Å². The number of carbonyl (C=O) groups is 2. The van der Waals surface area contributed by atoms with Crippen molar-refractivity contribution in [1.82, 2.24) is 5.32 Å². The quantitative estimate of drug-likeness (QED) is 0.859. The molecular formula is C16H18F3NO4. The molecule has 0 saturated carbocycles. The lowest BCUT2D eigenvalue weighted by molar-refractivity contribution is -0.140. The van der Waals surface area contributed by atoms with Crippen LogP contribution in [0.25, 0.3) is 0 Å². The normalized spacial score (nSPS) is 17.3. The van der Waals surface area contributed by atoms with Crippen LogP contribution >= 0.6 is 0 Å². The highest BCUT2D eigenvalue weighted by Crippen LogP contribution is 2.32. The number of carboxylic acids is 1. The maximum absolute atomic E-state index is 13.0. The van der Waals surface area contributed by atoms with E-state index in [1.807, 2.05) is 0 Å². The van der Waals surface area contributed by atoms with Crippen LogP contribution in [0, 0.1) is 0 Å². The van der Waals surface area contributed by atoms with Crippen molar-refractivity contribution in [2.45, 2.75) is 37.4 Å². The van der Waals surface area contributed by atoms with Gasteiger partial charge in [-0.3, -0.25) is 9.59 Å². The molecule has 1 aliphatic heterocycles. The first-order valence-corrected chi connectivity index (χ1v) is 7.47. The molecule has 1 aliphatic rings. The largest absolute Gasteiger partial charge is 0.481 e. The van der Waals surface area contributed by atoms with Gasteiger partial charge in [0.25, 0.3) is 0 Å². The molecule has 24 heavy (non-hydrogen) atoms. The molecule has 0 bridgehead atoms. The lowest BCUT2D eigenvalue weighted by Gasteiger charge is -2.37. The Morgan fingerprint density at radius 1 is 1.21 bits per heavy atom. The van der Waals surface area contributed by atoms with Gasteiger partial charge < -0.3 is 15.2 Å². The molecule has 2 N–H and O–H groups in total. The molecule has 0 atom stereocenters. The molecule has 0 aromatic heterocycles. The van der Waals surface area contributed by atoms with Crippen molar-refractivity contribution in [3.8, 4) is 0 Å². The van der Waals surface area contributed by atoms with Crippen LogP contribution in [0.15, 0.2) is 24.3 Å². The number of carbonyl (C=O) groups excluding carboxylic acids is 1. The third-order valence-electron chi connectivity index (χ3n) is 4.02. The smallest absolute Gasteiger partial charge is 0.416 e. The zero-order valence-electron chi connectivity index (χ0n) is 12.9. The van der Waals surface area contributed by atoms with Crippen LogP contribution in [0.3, 0.4) is 0 Å². The van der Waals surface area contributed by atoms with Gasteiger partial charge in [-0.2, -0.15) is 13.2 Å². The van der Waals surface area contributed by atoms with E-state index >= 15 is 0 Å². The fourth-order valence-electron chi connectivity index (χ4n) is 2.86. The van der Waals surface area contributed by atoms with Crippen molar-refractivity contribution in [1.29, 1.82) is 0 Å². The Bertz CT molecular complexity index is 610.